The van der Waals surface area contributed by atoms with Crippen molar-refractivity contribution in [3.63, 3.8) is 0 Å². The van der Waals surface area contributed by atoms with Crippen LogP contribution in [-0.2, 0) is 4.79 Å². The number of benzene rings is 1. The van der Waals surface area contributed by atoms with Crippen molar-refractivity contribution in [3.05, 3.63) is 59.9 Å². The molecule has 2 heterocycles. The summed E-state index contributed by atoms with van der Waals surface area (Å²) >= 11 is 0. The van der Waals surface area contributed by atoms with Crippen LogP contribution in [0.15, 0.2) is 48.8 Å². The lowest BCUT2D eigenvalue weighted by Gasteiger charge is -2.25. The molecular weight excluding hydrogens is 360 g/mol. The fourth-order valence-electron chi connectivity index (χ4n) is 3.96. The summed E-state index contributed by atoms with van der Waals surface area (Å²) in [6.45, 7) is 2.09. The second kappa shape index (κ2) is 7.14. The van der Waals surface area contributed by atoms with Crippen LogP contribution in [0.3, 0.4) is 0 Å². The molecule has 1 amide bonds. The molecule has 5 rings (SSSR count). The number of aromatic nitrogens is 2. The van der Waals surface area contributed by atoms with Crippen molar-refractivity contribution in [1.29, 1.82) is 0 Å². The van der Waals surface area contributed by atoms with Crippen LogP contribution < -0.4 is 5.32 Å². The van der Waals surface area contributed by atoms with Gasteiger partial charge in [-0.05, 0) is 68.4 Å². The van der Waals surface area contributed by atoms with Gasteiger partial charge >= 0.3 is 0 Å². The molecule has 1 N–H and O–H groups in total. The molecule has 1 unspecified atom stereocenters. The molecule has 0 radical (unpaired) electrons. The van der Waals surface area contributed by atoms with E-state index in [0.717, 1.165) is 40.8 Å². The molecule has 0 bridgehead atoms. The predicted octanol–water partition coefficient (Wildman–Crippen LogP) is 5.18. The summed E-state index contributed by atoms with van der Waals surface area (Å²) in [6.07, 6.45) is 8.27. The van der Waals surface area contributed by atoms with E-state index in [4.69, 9.17) is 0 Å². The SMILES string of the molecule is CC(c1ccc(Nc2cnc3cccnc3c2C2CC2)cc1)N(C)C(=O)C1CC1. The average molecular weight is 386 g/mol. The number of fused-ring (bicyclic) bond motifs is 1. The van der Waals surface area contributed by atoms with Crippen molar-refractivity contribution in [2.45, 2.75) is 44.6 Å². The van der Waals surface area contributed by atoms with E-state index in [1.807, 2.05) is 36.5 Å². The van der Waals surface area contributed by atoms with Crippen LogP contribution in [0.2, 0.25) is 0 Å². The molecule has 2 aliphatic rings. The minimum atomic E-state index is 0.0747. The zero-order chi connectivity index (χ0) is 20.0. The molecule has 2 aliphatic carbocycles. The molecule has 29 heavy (non-hydrogen) atoms. The predicted molar refractivity (Wildman–Crippen MR) is 115 cm³/mol. The van der Waals surface area contributed by atoms with Crippen LogP contribution in [0.4, 0.5) is 11.4 Å². The molecule has 1 aromatic carbocycles. The zero-order valence-corrected chi connectivity index (χ0v) is 16.9. The number of hydrogen-bond donors (Lipinski definition) is 1. The Balaban J connectivity index is 1.37. The van der Waals surface area contributed by atoms with E-state index in [-0.39, 0.29) is 17.9 Å². The number of nitrogens with zero attached hydrogens (tertiary/aromatic N) is 3. The van der Waals surface area contributed by atoms with Crippen LogP contribution in [0.5, 0.6) is 0 Å². The van der Waals surface area contributed by atoms with Gasteiger partial charge in [0.15, 0.2) is 0 Å². The van der Waals surface area contributed by atoms with E-state index in [1.54, 1.807) is 0 Å². The van der Waals surface area contributed by atoms with Crippen LogP contribution in [0.1, 0.15) is 55.7 Å². The van der Waals surface area contributed by atoms with Crippen molar-refractivity contribution in [1.82, 2.24) is 14.9 Å². The molecule has 2 aromatic heterocycles. The number of carbonyl (C=O) groups excluding carboxylic acids is 1. The Morgan fingerprint density at radius 1 is 1.10 bits per heavy atom. The third-order valence-electron chi connectivity index (χ3n) is 6.18. The fraction of sp³-hybridized carbons (Fsp3) is 0.375. The highest BCUT2D eigenvalue weighted by atomic mass is 16.2. The normalized spacial score (nSPS) is 17.2. The molecule has 5 heteroatoms. The quantitative estimate of drug-likeness (QED) is 0.634. The summed E-state index contributed by atoms with van der Waals surface area (Å²) in [7, 11) is 1.91. The summed E-state index contributed by atoms with van der Waals surface area (Å²) in [6, 6.07) is 12.4. The first-order valence-electron chi connectivity index (χ1n) is 10.5. The van der Waals surface area contributed by atoms with Crippen molar-refractivity contribution >= 4 is 28.3 Å². The third kappa shape index (κ3) is 3.57. The number of hydrogen-bond acceptors (Lipinski definition) is 4. The Morgan fingerprint density at radius 2 is 1.86 bits per heavy atom. The maximum Gasteiger partial charge on any atom is 0.225 e. The second-order valence-corrected chi connectivity index (χ2v) is 8.38. The van der Waals surface area contributed by atoms with Crippen LogP contribution in [-0.4, -0.2) is 27.8 Å². The van der Waals surface area contributed by atoms with Gasteiger partial charge in [0.2, 0.25) is 5.91 Å². The number of anilines is 2. The molecule has 0 saturated heterocycles. The smallest absolute Gasteiger partial charge is 0.225 e. The van der Waals surface area contributed by atoms with Gasteiger partial charge in [-0.2, -0.15) is 0 Å². The van der Waals surface area contributed by atoms with Gasteiger partial charge in [0, 0.05) is 30.4 Å². The molecule has 5 nitrogen and oxygen atoms in total. The molecule has 2 fully saturated rings. The zero-order valence-electron chi connectivity index (χ0n) is 16.9. The first kappa shape index (κ1) is 18.1. The lowest BCUT2D eigenvalue weighted by molar-refractivity contribution is -0.133. The van der Waals surface area contributed by atoms with Gasteiger partial charge in [-0.3, -0.25) is 14.8 Å². The van der Waals surface area contributed by atoms with Crippen molar-refractivity contribution in [3.8, 4) is 0 Å². The topological polar surface area (TPSA) is 58.1 Å². The Bertz CT molecular complexity index is 1050. The average Bonchev–Trinajstić information content (AvgIpc) is 3.65. The van der Waals surface area contributed by atoms with Gasteiger partial charge in [-0.15, -0.1) is 0 Å². The molecular formula is C24H26N4O. The van der Waals surface area contributed by atoms with Crippen molar-refractivity contribution in [2.24, 2.45) is 5.92 Å². The highest BCUT2D eigenvalue weighted by Gasteiger charge is 2.34. The molecule has 0 aliphatic heterocycles. The minimum absolute atomic E-state index is 0.0747. The number of rotatable bonds is 6. The Hall–Kier alpha value is -2.95. The highest BCUT2D eigenvalue weighted by molar-refractivity contribution is 5.85. The van der Waals surface area contributed by atoms with E-state index in [0.29, 0.717) is 5.92 Å². The van der Waals surface area contributed by atoms with E-state index >= 15 is 0 Å². The standard InChI is InChI=1S/C24H26N4O/c1-15(28(2)24(29)18-7-8-18)16-9-11-19(12-10-16)27-21-14-26-20-4-3-13-25-23(20)22(21)17-5-6-17/h3-4,9-15,17-18,27H,5-8H2,1-2H3. The largest absolute Gasteiger partial charge is 0.354 e. The summed E-state index contributed by atoms with van der Waals surface area (Å²) in [4.78, 5) is 23.4. The van der Waals surface area contributed by atoms with Gasteiger partial charge in [-0.1, -0.05) is 12.1 Å². The van der Waals surface area contributed by atoms with Gasteiger partial charge in [0.05, 0.1) is 29.0 Å². The van der Waals surface area contributed by atoms with E-state index in [2.05, 4.69) is 46.5 Å². The Kier molecular flexibility index (Phi) is 4.46. The summed E-state index contributed by atoms with van der Waals surface area (Å²) < 4.78 is 0. The number of carbonyl (C=O) groups is 1. The van der Waals surface area contributed by atoms with Crippen molar-refractivity contribution in [2.75, 3.05) is 12.4 Å². The lowest BCUT2D eigenvalue weighted by atomic mass is 10.1. The summed E-state index contributed by atoms with van der Waals surface area (Å²) in [5, 5.41) is 3.55. The van der Waals surface area contributed by atoms with Gasteiger partial charge < -0.3 is 10.2 Å². The summed E-state index contributed by atoms with van der Waals surface area (Å²) in [5.74, 6) is 1.08. The lowest BCUT2D eigenvalue weighted by Crippen LogP contribution is -2.30. The maximum absolute atomic E-state index is 12.3. The Morgan fingerprint density at radius 3 is 2.55 bits per heavy atom. The Labute approximate surface area is 171 Å². The van der Waals surface area contributed by atoms with Crippen LogP contribution >= 0.6 is 0 Å². The maximum atomic E-state index is 12.3. The molecule has 0 spiro atoms. The van der Waals surface area contributed by atoms with Crippen LogP contribution in [0, 0.1) is 5.92 Å². The monoisotopic (exact) mass is 386 g/mol. The van der Waals surface area contributed by atoms with Gasteiger partial charge in [0.25, 0.3) is 0 Å². The third-order valence-corrected chi connectivity index (χ3v) is 6.18. The molecule has 1 atom stereocenters. The highest BCUT2D eigenvalue weighted by Crippen LogP contribution is 2.46. The number of pyridine rings is 2. The second-order valence-electron chi connectivity index (χ2n) is 8.38. The number of nitrogens with one attached hydrogen (secondary N) is 1. The van der Waals surface area contributed by atoms with Crippen molar-refractivity contribution < 1.29 is 4.79 Å². The fourth-order valence-corrected chi connectivity index (χ4v) is 3.96. The molecule has 2 saturated carbocycles. The van der Waals surface area contributed by atoms with Gasteiger partial charge in [-0.25, -0.2) is 0 Å². The molecule has 3 aromatic rings. The number of amides is 1. The first-order chi connectivity index (χ1) is 14.1. The van der Waals surface area contributed by atoms with E-state index in [9.17, 15) is 4.79 Å². The first-order valence-corrected chi connectivity index (χ1v) is 10.5. The molecule has 148 valence electrons. The van der Waals surface area contributed by atoms with E-state index in [1.165, 1.54) is 18.4 Å². The van der Waals surface area contributed by atoms with Gasteiger partial charge in [0.1, 0.15) is 0 Å². The summed E-state index contributed by atoms with van der Waals surface area (Å²) in [5.41, 5.74) is 6.45. The van der Waals surface area contributed by atoms with Crippen LogP contribution in [0.25, 0.3) is 11.0 Å². The van der Waals surface area contributed by atoms with E-state index < -0.39 is 0 Å². The minimum Gasteiger partial charge on any atom is -0.354 e.